The van der Waals surface area contributed by atoms with Gasteiger partial charge >= 0.3 is 0 Å². The zero-order chi connectivity index (χ0) is 13.9. The maximum Gasteiger partial charge on any atom is 0.226 e. The molecule has 2 atom stereocenters. The fourth-order valence-corrected chi connectivity index (χ4v) is 3.07. The summed E-state index contributed by atoms with van der Waals surface area (Å²) < 4.78 is 0. The summed E-state index contributed by atoms with van der Waals surface area (Å²) in [6.45, 7) is 1.21. The maximum atomic E-state index is 12.4. The van der Waals surface area contributed by atoms with E-state index in [1.165, 1.54) is 5.57 Å². The molecule has 1 aromatic heterocycles. The molecule has 1 saturated heterocycles. The van der Waals surface area contributed by atoms with Crippen LogP contribution < -0.4 is 0 Å². The number of aromatic nitrogens is 1. The molecule has 1 unspecified atom stereocenters. The largest absolute Gasteiger partial charge is 0.391 e. The first-order valence-corrected chi connectivity index (χ1v) is 7.30. The van der Waals surface area contributed by atoms with Crippen molar-refractivity contribution in [2.24, 2.45) is 5.92 Å². The van der Waals surface area contributed by atoms with Gasteiger partial charge in [-0.15, -0.1) is 0 Å². The summed E-state index contributed by atoms with van der Waals surface area (Å²) in [7, 11) is 0. The van der Waals surface area contributed by atoms with Crippen molar-refractivity contribution in [3.05, 3.63) is 36.2 Å². The van der Waals surface area contributed by atoms with Crippen LogP contribution >= 0.6 is 0 Å². The molecule has 1 amide bonds. The van der Waals surface area contributed by atoms with Gasteiger partial charge in [0.05, 0.1) is 6.10 Å². The Morgan fingerprint density at radius 1 is 1.40 bits per heavy atom. The van der Waals surface area contributed by atoms with Crippen LogP contribution in [0.2, 0.25) is 0 Å². The van der Waals surface area contributed by atoms with Crippen molar-refractivity contribution in [3.8, 4) is 0 Å². The van der Waals surface area contributed by atoms with Crippen molar-refractivity contribution in [2.75, 3.05) is 13.1 Å². The van der Waals surface area contributed by atoms with Crippen LogP contribution in [-0.4, -0.2) is 40.1 Å². The third-order valence-corrected chi connectivity index (χ3v) is 4.27. The highest BCUT2D eigenvalue weighted by molar-refractivity contribution is 5.81. The van der Waals surface area contributed by atoms with Gasteiger partial charge in [0.15, 0.2) is 0 Å². The third kappa shape index (κ3) is 2.75. The highest BCUT2D eigenvalue weighted by atomic mass is 16.3. The van der Waals surface area contributed by atoms with Gasteiger partial charge in [-0.05, 0) is 42.9 Å². The standard InChI is InChI=1S/C16H20N2O2/c19-15-7-9-18(11-15)16(20)13-5-3-12(4-6-13)14-2-1-8-17-10-14/h1-3,8,10,13,15,19H,4-7,9,11H2/t13?,15-/m0/s1. The van der Waals surface area contributed by atoms with Crippen LogP contribution in [0.4, 0.5) is 0 Å². The lowest BCUT2D eigenvalue weighted by atomic mass is 9.86. The highest BCUT2D eigenvalue weighted by Gasteiger charge is 2.30. The minimum Gasteiger partial charge on any atom is -0.391 e. The Hall–Kier alpha value is -1.68. The SMILES string of the molecule is O=C(C1CC=C(c2cccnc2)CC1)N1CC[C@H](O)C1. The summed E-state index contributed by atoms with van der Waals surface area (Å²) in [6.07, 6.45) is 8.84. The summed E-state index contributed by atoms with van der Waals surface area (Å²) in [4.78, 5) is 18.3. The zero-order valence-corrected chi connectivity index (χ0v) is 11.5. The molecule has 1 aliphatic carbocycles. The summed E-state index contributed by atoms with van der Waals surface area (Å²) in [6, 6.07) is 4.01. The van der Waals surface area contributed by atoms with Gasteiger partial charge in [0.2, 0.25) is 5.91 Å². The van der Waals surface area contributed by atoms with Gasteiger partial charge in [0.1, 0.15) is 0 Å². The summed E-state index contributed by atoms with van der Waals surface area (Å²) >= 11 is 0. The molecular formula is C16H20N2O2. The quantitative estimate of drug-likeness (QED) is 0.894. The Kier molecular flexibility index (Phi) is 3.83. The lowest BCUT2D eigenvalue weighted by Crippen LogP contribution is -2.35. The van der Waals surface area contributed by atoms with Gasteiger partial charge in [0.25, 0.3) is 0 Å². The number of likely N-dealkylation sites (tertiary alicyclic amines) is 1. The van der Waals surface area contributed by atoms with Gasteiger partial charge < -0.3 is 10.0 Å². The molecule has 1 aliphatic heterocycles. The number of carbonyl (C=O) groups excluding carboxylic acids is 1. The van der Waals surface area contributed by atoms with Gasteiger partial charge in [-0.3, -0.25) is 9.78 Å². The van der Waals surface area contributed by atoms with Crippen molar-refractivity contribution in [2.45, 2.75) is 31.8 Å². The third-order valence-electron chi connectivity index (χ3n) is 4.27. The van der Waals surface area contributed by atoms with Crippen LogP contribution in [0.25, 0.3) is 5.57 Å². The van der Waals surface area contributed by atoms with Crippen LogP contribution in [0.15, 0.2) is 30.6 Å². The Morgan fingerprint density at radius 3 is 2.90 bits per heavy atom. The normalized spacial score (nSPS) is 26.4. The number of aliphatic hydroxyl groups excluding tert-OH is 1. The van der Waals surface area contributed by atoms with Gasteiger partial charge in [-0.25, -0.2) is 0 Å². The highest BCUT2D eigenvalue weighted by Crippen LogP contribution is 2.31. The van der Waals surface area contributed by atoms with Gasteiger partial charge in [-0.2, -0.15) is 0 Å². The molecule has 3 rings (SSSR count). The molecule has 20 heavy (non-hydrogen) atoms. The molecule has 4 nitrogen and oxygen atoms in total. The smallest absolute Gasteiger partial charge is 0.226 e. The minimum absolute atomic E-state index is 0.0840. The molecule has 0 aromatic carbocycles. The number of nitrogens with zero attached hydrogens (tertiary/aromatic N) is 2. The van der Waals surface area contributed by atoms with E-state index in [1.54, 1.807) is 6.20 Å². The van der Waals surface area contributed by atoms with Crippen LogP contribution in [0.3, 0.4) is 0 Å². The average molecular weight is 272 g/mol. The van der Waals surface area contributed by atoms with E-state index in [-0.39, 0.29) is 17.9 Å². The zero-order valence-electron chi connectivity index (χ0n) is 11.5. The van der Waals surface area contributed by atoms with E-state index >= 15 is 0 Å². The van der Waals surface area contributed by atoms with E-state index in [4.69, 9.17) is 0 Å². The van der Waals surface area contributed by atoms with Crippen LogP contribution in [0.5, 0.6) is 0 Å². The Balaban J connectivity index is 1.63. The van der Waals surface area contributed by atoms with Gasteiger partial charge in [-0.1, -0.05) is 12.1 Å². The number of allylic oxidation sites excluding steroid dienone is 2. The number of β-amino-alcohol motifs (C(OH)–C–C–N with tert-alkyl or cyclic N) is 1. The first kappa shape index (κ1) is 13.3. The van der Waals surface area contributed by atoms with E-state index < -0.39 is 0 Å². The van der Waals surface area contributed by atoms with E-state index in [0.29, 0.717) is 13.1 Å². The number of pyridine rings is 1. The monoisotopic (exact) mass is 272 g/mol. The van der Waals surface area contributed by atoms with Crippen LogP contribution in [0, 0.1) is 5.92 Å². The second-order valence-corrected chi connectivity index (χ2v) is 5.67. The predicted octanol–water partition coefficient (Wildman–Crippen LogP) is 1.86. The topological polar surface area (TPSA) is 53.4 Å². The van der Waals surface area contributed by atoms with Crippen molar-refractivity contribution >= 4 is 11.5 Å². The fraction of sp³-hybridized carbons (Fsp3) is 0.500. The van der Waals surface area contributed by atoms with E-state index in [2.05, 4.69) is 17.1 Å². The predicted molar refractivity (Wildman–Crippen MR) is 76.8 cm³/mol. The van der Waals surface area contributed by atoms with Crippen molar-refractivity contribution in [3.63, 3.8) is 0 Å². The summed E-state index contributed by atoms with van der Waals surface area (Å²) in [5.74, 6) is 0.295. The average Bonchev–Trinajstić information content (AvgIpc) is 2.94. The summed E-state index contributed by atoms with van der Waals surface area (Å²) in [5, 5.41) is 9.52. The second kappa shape index (κ2) is 5.75. The first-order valence-electron chi connectivity index (χ1n) is 7.30. The number of hydrogen-bond acceptors (Lipinski definition) is 3. The number of rotatable bonds is 2. The molecule has 0 bridgehead atoms. The Morgan fingerprint density at radius 2 is 2.30 bits per heavy atom. The van der Waals surface area contributed by atoms with Crippen LogP contribution in [-0.2, 0) is 4.79 Å². The number of aliphatic hydroxyl groups is 1. The van der Waals surface area contributed by atoms with Crippen molar-refractivity contribution in [1.29, 1.82) is 0 Å². The van der Waals surface area contributed by atoms with E-state index in [1.807, 2.05) is 17.2 Å². The number of amides is 1. The van der Waals surface area contributed by atoms with E-state index in [0.717, 1.165) is 31.2 Å². The lowest BCUT2D eigenvalue weighted by Gasteiger charge is -2.26. The molecule has 2 aliphatic rings. The minimum atomic E-state index is -0.330. The molecule has 1 N–H and O–H groups in total. The molecule has 2 heterocycles. The first-order chi connectivity index (χ1) is 9.74. The fourth-order valence-electron chi connectivity index (χ4n) is 3.07. The molecular weight excluding hydrogens is 252 g/mol. The van der Waals surface area contributed by atoms with Crippen molar-refractivity contribution < 1.29 is 9.90 Å². The Labute approximate surface area is 119 Å². The van der Waals surface area contributed by atoms with Crippen LogP contribution in [0.1, 0.15) is 31.2 Å². The van der Waals surface area contributed by atoms with E-state index in [9.17, 15) is 9.90 Å². The molecule has 4 heteroatoms. The van der Waals surface area contributed by atoms with Gasteiger partial charge in [0, 0.05) is 31.4 Å². The lowest BCUT2D eigenvalue weighted by molar-refractivity contribution is -0.135. The van der Waals surface area contributed by atoms with Crippen molar-refractivity contribution in [1.82, 2.24) is 9.88 Å². The molecule has 1 fully saturated rings. The molecule has 106 valence electrons. The molecule has 0 spiro atoms. The maximum absolute atomic E-state index is 12.4. The molecule has 0 radical (unpaired) electrons. The molecule has 0 saturated carbocycles. The Bertz CT molecular complexity index is 512. The second-order valence-electron chi connectivity index (χ2n) is 5.67. The number of hydrogen-bond donors (Lipinski definition) is 1. The molecule has 1 aromatic rings. The number of carbonyl (C=O) groups is 1. The summed E-state index contributed by atoms with van der Waals surface area (Å²) in [5.41, 5.74) is 2.46.